The van der Waals surface area contributed by atoms with Crippen LogP contribution in [0, 0.1) is 0 Å². The van der Waals surface area contributed by atoms with E-state index in [1.165, 1.54) is 11.3 Å². The van der Waals surface area contributed by atoms with Crippen molar-refractivity contribution in [3.05, 3.63) is 93.2 Å². The van der Waals surface area contributed by atoms with E-state index < -0.39 is 11.9 Å². The average Bonchev–Trinajstić information content (AvgIpc) is 3.20. The Bertz CT molecular complexity index is 1690. The molecule has 36 heavy (non-hydrogen) atoms. The average molecular weight is 536 g/mol. The minimum Gasteiger partial charge on any atom is -0.465 e. The van der Waals surface area contributed by atoms with Crippen LogP contribution in [0.25, 0.3) is 32.4 Å². The smallest absolute Gasteiger partial charge is 0.326 e. The van der Waals surface area contributed by atoms with Crippen molar-refractivity contribution in [3.63, 3.8) is 0 Å². The van der Waals surface area contributed by atoms with Crippen molar-refractivity contribution < 1.29 is 14.3 Å². The van der Waals surface area contributed by atoms with Gasteiger partial charge in [0.1, 0.15) is 6.54 Å². The molecule has 180 valence electrons. The molecule has 0 fully saturated rings. The number of aromatic nitrogens is 2. The van der Waals surface area contributed by atoms with Crippen LogP contribution in [0.2, 0.25) is 10.0 Å². The van der Waals surface area contributed by atoms with Crippen molar-refractivity contribution in [1.29, 1.82) is 0 Å². The molecule has 0 aliphatic carbocycles. The molecule has 1 amide bonds. The van der Waals surface area contributed by atoms with Crippen LogP contribution in [-0.4, -0.2) is 28.0 Å². The number of carbonyl (C=O) groups is 2. The van der Waals surface area contributed by atoms with Gasteiger partial charge in [-0.15, -0.1) is 0 Å². The first-order valence-electron chi connectivity index (χ1n) is 11.1. The number of pyridine rings is 1. The highest BCUT2D eigenvalue weighted by atomic mass is 35.5. The van der Waals surface area contributed by atoms with Gasteiger partial charge < -0.3 is 9.30 Å². The van der Waals surface area contributed by atoms with E-state index in [1.54, 1.807) is 29.7 Å². The topological polar surface area (TPSA) is 73.6 Å². The molecule has 0 N–H and O–H groups in total. The number of amides is 1. The fourth-order valence-corrected chi connectivity index (χ4v) is 5.76. The van der Waals surface area contributed by atoms with Gasteiger partial charge in [0.2, 0.25) is 0 Å². The van der Waals surface area contributed by atoms with Gasteiger partial charge in [-0.2, -0.15) is 4.99 Å². The predicted molar refractivity (Wildman–Crippen MR) is 144 cm³/mol. The minimum atomic E-state index is -0.461. The van der Waals surface area contributed by atoms with Gasteiger partial charge in [0.15, 0.2) is 4.80 Å². The maximum atomic E-state index is 13.6. The van der Waals surface area contributed by atoms with Crippen LogP contribution in [0.3, 0.4) is 0 Å². The Labute approximate surface area is 220 Å². The van der Waals surface area contributed by atoms with E-state index in [4.69, 9.17) is 32.9 Å². The number of nitrogens with zero attached hydrogens (tertiary/aromatic N) is 3. The fourth-order valence-electron chi connectivity index (χ4n) is 3.95. The molecule has 0 bridgehead atoms. The van der Waals surface area contributed by atoms with Crippen LogP contribution >= 0.6 is 34.5 Å². The molecule has 0 atom stereocenters. The number of hydrogen-bond acceptors (Lipinski definition) is 5. The van der Waals surface area contributed by atoms with E-state index in [9.17, 15) is 9.59 Å². The third kappa shape index (κ3) is 4.78. The van der Waals surface area contributed by atoms with Gasteiger partial charge in [-0.05, 0) is 31.2 Å². The van der Waals surface area contributed by atoms with Crippen LogP contribution in [-0.2, 0) is 16.1 Å². The normalized spacial score (nSPS) is 11.8. The summed E-state index contributed by atoms with van der Waals surface area (Å²) in [5, 5.41) is 1.49. The Morgan fingerprint density at radius 2 is 1.78 bits per heavy atom. The highest BCUT2D eigenvalue weighted by molar-refractivity contribution is 7.16. The van der Waals surface area contributed by atoms with E-state index in [0.29, 0.717) is 47.2 Å². The van der Waals surface area contributed by atoms with Crippen molar-refractivity contribution in [2.24, 2.45) is 4.99 Å². The second kappa shape index (κ2) is 10.2. The first-order chi connectivity index (χ1) is 17.4. The molecule has 0 saturated carbocycles. The third-order valence-corrected chi connectivity index (χ3v) is 7.03. The van der Waals surface area contributed by atoms with Gasteiger partial charge in [-0.1, -0.05) is 83.1 Å². The second-order valence-corrected chi connectivity index (χ2v) is 9.72. The highest BCUT2D eigenvalue weighted by Crippen LogP contribution is 2.30. The van der Waals surface area contributed by atoms with Gasteiger partial charge in [0.05, 0.1) is 38.6 Å². The van der Waals surface area contributed by atoms with Crippen molar-refractivity contribution >= 4 is 67.5 Å². The first kappa shape index (κ1) is 24.2. The van der Waals surface area contributed by atoms with Crippen molar-refractivity contribution in [2.45, 2.75) is 13.5 Å². The number of fused-ring (bicyclic) bond motifs is 2. The Morgan fingerprint density at radius 3 is 2.56 bits per heavy atom. The molecule has 5 aromatic rings. The first-order valence-corrected chi connectivity index (χ1v) is 12.7. The van der Waals surface area contributed by atoms with E-state index in [1.807, 2.05) is 54.6 Å². The van der Waals surface area contributed by atoms with Gasteiger partial charge in [0, 0.05) is 16.0 Å². The molecule has 3 aromatic carbocycles. The lowest BCUT2D eigenvalue weighted by Gasteiger charge is -2.08. The molecule has 9 heteroatoms. The maximum Gasteiger partial charge on any atom is 0.326 e. The molecule has 0 aliphatic heterocycles. The molecule has 2 aromatic heterocycles. The molecule has 2 heterocycles. The molecule has 0 spiro atoms. The van der Waals surface area contributed by atoms with E-state index in [-0.39, 0.29) is 13.2 Å². The Hall–Kier alpha value is -3.52. The third-order valence-electron chi connectivity index (χ3n) is 5.50. The standard InChI is InChI=1S/C27H19Cl2N3O3S/c1-2-35-24(33)15-32-25-20(29)12-17(28)13-23(25)36-27(32)31-26(34)19-14-22(16-8-4-3-5-9-16)30-21-11-7-6-10-18(19)21/h3-14H,2,15H2,1H3. The fraction of sp³-hybridized carbons (Fsp3) is 0.111. The number of halogens is 2. The number of carbonyl (C=O) groups excluding carboxylic acids is 2. The SMILES string of the molecule is CCOC(=O)Cn1c(=NC(=O)c2cc(-c3ccccc3)nc3ccccc23)sc2cc(Cl)cc(Cl)c21. The summed E-state index contributed by atoms with van der Waals surface area (Å²) in [7, 11) is 0. The summed E-state index contributed by atoms with van der Waals surface area (Å²) in [4.78, 5) is 35.5. The Kier molecular flexibility index (Phi) is 6.87. The Balaban J connectivity index is 1.70. The maximum absolute atomic E-state index is 13.6. The van der Waals surface area contributed by atoms with Crippen LogP contribution in [0.15, 0.2) is 77.8 Å². The zero-order valence-electron chi connectivity index (χ0n) is 19.1. The molecular weight excluding hydrogens is 517 g/mol. The summed E-state index contributed by atoms with van der Waals surface area (Å²) in [6.07, 6.45) is 0. The number of thiazole rings is 1. The lowest BCUT2D eigenvalue weighted by Crippen LogP contribution is -2.23. The van der Waals surface area contributed by atoms with Gasteiger partial charge in [-0.3, -0.25) is 9.59 Å². The molecule has 0 aliphatic rings. The van der Waals surface area contributed by atoms with Crippen LogP contribution < -0.4 is 4.80 Å². The van der Waals surface area contributed by atoms with Crippen molar-refractivity contribution in [3.8, 4) is 11.3 Å². The lowest BCUT2D eigenvalue weighted by molar-refractivity contribution is -0.143. The number of ether oxygens (including phenoxy) is 1. The molecule has 0 saturated heterocycles. The largest absolute Gasteiger partial charge is 0.465 e. The quantitative estimate of drug-likeness (QED) is 0.240. The van der Waals surface area contributed by atoms with Crippen LogP contribution in [0.5, 0.6) is 0 Å². The number of benzene rings is 3. The van der Waals surface area contributed by atoms with Crippen LogP contribution in [0.4, 0.5) is 0 Å². The van der Waals surface area contributed by atoms with E-state index in [2.05, 4.69) is 4.99 Å². The summed E-state index contributed by atoms with van der Waals surface area (Å²) in [6, 6.07) is 22.1. The van der Waals surface area contributed by atoms with E-state index in [0.717, 1.165) is 5.56 Å². The van der Waals surface area contributed by atoms with Crippen LogP contribution in [0.1, 0.15) is 17.3 Å². The summed E-state index contributed by atoms with van der Waals surface area (Å²) in [6.45, 7) is 1.82. The molecule has 0 radical (unpaired) electrons. The predicted octanol–water partition coefficient (Wildman–Crippen LogP) is 6.53. The lowest BCUT2D eigenvalue weighted by atomic mass is 10.0. The molecule has 5 rings (SSSR count). The summed E-state index contributed by atoms with van der Waals surface area (Å²) in [5.74, 6) is -0.921. The molecular formula is C27H19Cl2N3O3S. The van der Waals surface area contributed by atoms with Crippen molar-refractivity contribution in [2.75, 3.05) is 6.61 Å². The number of rotatable bonds is 5. The summed E-state index contributed by atoms with van der Waals surface area (Å²) < 4.78 is 7.43. The molecule has 0 unspecified atom stereocenters. The zero-order chi connectivity index (χ0) is 25.2. The zero-order valence-corrected chi connectivity index (χ0v) is 21.4. The highest BCUT2D eigenvalue weighted by Gasteiger charge is 2.18. The van der Waals surface area contributed by atoms with Crippen molar-refractivity contribution in [1.82, 2.24) is 9.55 Å². The van der Waals surface area contributed by atoms with Gasteiger partial charge in [-0.25, -0.2) is 4.98 Å². The van der Waals surface area contributed by atoms with E-state index >= 15 is 0 Å². The number of para-hydroxylation sites is 1. The number of hydrogen-bond donors (Lipinski definition) is 0. The second-order valence-electron chi connectivity index (χ2n) is 7.87. The Morgan fingerprint density at radius 1 is 1.03 bits per heavy atom. The number of esters is 1. The summed E-state index contributed by atoms with van der Waals surface area (Å²) in [5.41, 5.74) is 3.21. The minimum absolute atomic E-state index is 0.145. The van der Waals surface area contributed by atoms with Gasteiger partial charge in [0.25, 0.3) is 5.91 Å². The van der Waals surface area contributed by atoms with Gasteiger partial charge >= 0.3 is 5.97 Å². The summed E-state index contributed by atoms with van der Waals surface area (Å²) >= 11 is 13.9. The monoisotopic (exact) mass is 535 g/mol. The molecule has 6 nitrogen and oxygen atoms in total.